The zero-order valence-electron chi connectivity index (χ0n) is 14.8. The van der Waals surface area contributed by atoms with E-state index in [1.54, 1.807) is 25.3 Å². The van der Waals surface area contributed by atoms with Gasteiger partial charge in [-0.25, -0.2) is 14.8 Å². The second kappa shape index (κ2) is 10.5. The molecule has 0 bridgehead atoms. The topological polar surface area (TPSA) is 86.5 Å². The normalized spacial score (nSPS) is 10.6. The summed E-state index contributed by atoms with van der Waals surface area (Å²) in [6, 6.07) is 3.51. The lowest BCUT2D eigenvalue weighted by Gasteiger charge is -2.06. The Hall–Kier alpha value is -2.41. The first-order chi connectivity index (χ1) is 12.2. The zero-order valence-corrected chi connectivity index (χ0v) is 14.8. The smallest absolute Gasteiger partial charge is 0.360 e. The summed E-state index contributed by atoms with van der Waals surface area (Å²) in [7, 11) is 1.96. The highest BCUT2D eigenvalue weighted by atomic mass is 16.5. The number of aromatic nitrogens is 2. The maximum atomic E-state index is 11.6. The van der Waals surface area contributed by atoms with Crippen molar-refractivity contribution in [1.82, 2.24) is 15.3 Å². The van der Waals surface area contributed by atoms with Crippen molar-refractivity contribution in [3.63, 3.8) is 0 Å². The molecule has 25 heavy (non-hydrogen) atoms. The molecule has 2 rings (SSSR count). The minimum atomic E-state index is -0.499. The van der Waals surface area contributed by atoms with Crippen LogP contribution in [0.4, 0.5) is 0 Å². The molecule has 0 saturated heterocycles. The quantitative estimate of drug-likeness (QED) is 0.494. The molecule has 136 valence electrons. The number of nitrogens with zero attached hydrogens (tertiary/aromatic N) is 2. The van der Waals surface area contributed by atoms with E-state index in [0.717, 1.165) is 19.4 Å². The number of carbonyl (C=O) groups is 1. The molecule has 0 atom stereocenters. The summed E-state index contributed by atoms with van der Waals surface area (Å²) >= 11 is 0. The van der Waals surface area contributed by atoms with E-state index in [4.69, 9.17) is 13.9 Å². The highest BCUT2D eigenvalue weighted by molar-refractivity contribution is 5.87. The van der Waals surface area contributed by atoms with Gasteiger partial charge in [-0.2, -0.15) is 0 Å². The minimum Gasteiger partial charge on any atom is -0.478 e. The second-order valence-electron chi connectivity index (χ2n) is 5.51. The maximum absolute atomic E-state index is 11.6. The Kier molecular flexibility index (Phi) is 7.91. The van der Waals surface area contributed by atoms with Gasteiger partial charge in [0, 0.05) is 17.8 Å². The third-order valence-electron chi connectivity index (χ3n) is 3.54. The van der Waals surface area contributed by atoms with Gasteiger partial charge in [0.15, 0.2) is 5.69 Å². The van der Waals surface area contributed by atoms with Crippen LogP contribution in [-0.2, 0) is 4.74 Å². The van der Waals surface area contributed by atoms with Crippen LogP contribution < -0.4 is 10.1 Å². The van der Waals surface area contributed by atoms with Gasteiger partial charge in [0.2, 0.25) is 11.8 Å². The first-order valence-electron chi connectivity index (χ1n) is 8.61. The lowest BCUT2D eigenvalue weighted by molar-refractivity contribution is 0.0519. The molecule has 0 spiro atoms. The number of carbonyl (C=O) groups excluding carboxylic acids is 1. The molecule has 0 radical (unpaired) electrons. The molecule has 2 aromatic heterocycles. The van der Waals surface area contributed by atoms with Crippen molar-refractivity contribution in [2.24, 2.45) is 0 Å². The van der Waals surface area contributed by atoms with Gasteiger partial charge in [0.05, 0.1) is 13.2 Å². The Morgan fingerprint density at radius 3 is 2.92 bits per heavy atom. The Labute approximate surface area is 147 Å². The average molecular weight is 347 g/mol. The van der Waals surface area contributed by atoms with Crippen molar-refractivity contribution in [3.05, 3.63) is 30.3 Å². The standard InChI is InChI=1S/C18H25N3O4/c1-3-23-18(22)15-13-25-17(21-15)14-8-10-20-16(12-14)24-11-7-5-4-6-9-19-2/h8,10,12-13,19H,3-7,9,11H2,1-2H3. The van der Waals surface area contributed by atoms with Crippen LogP contribution in [0, 0.1) is 0 Å². The predicted molar refractivity (Wildman–Crippen MR) is 93.6 cm³/mol. The molecule has 1 N–H and O–H groups in total. The van der Waals surface area contributed by atoms with E-state index in [1.165, 1.54) is 19.1 Å². The zero-order chi connectivity index (χ0) is 17.9. The largest absolute Gasteiger partial charge is 0.478 e. The molecule has 0 amide bonds. The third kappa shape index (κ3) is 6.19. The van der Waals surface area contributed by atoms with E-state index in [1.807, 2.05) is 7.05 Å². The Bertz CT molecular complexity index is 657. The highest BCUT2D eigenvalue weighted by Crippen LogP contribution is 2.22. The lowest BCUT2D eigenvalue weighted by atomic mass is 10.2. The van der Waals surface area contributed by atoms with Crippen molar-refractivity contribution in [2.45, 2.75) is 32.6 Å². The highest BCUT2D eigenvalue weighted by Gasteiger charge is 2.14. The van der Waals surface area contributed by atoms with Crippen molar-refractivity contribution >= 4 is 5.97 Å². The SMILES string of the molecule is CCOC(=O)c1coc(-c2ccnc(OCCCCCCNC)c2)n1. The summed E-state index contributed by atoms with van der Waals surface area (Å²) in [5.41, 5.74) is 0.854. The summed E-state index contributed by atoms with van der Waals surface area (Å²) in [5, 5.41) is 3.14. The van der Waals surface area contributed by atoms with Gasteiger partial charge in [-0.05, 0) is 39.4 Å². The number of hydrogen-bond donors (Lipinski definition) is 1. The number of pyridine rings is 1. The van der Waals surface area contributed by atoms with Crippen LogP contribution in [-0.4, -0.2) is 42.7 Å². The summed E-state index contributed by atoms with van der Waals surface area (Å²) in [6.07, 6.45) is 7.40. The first kappa shape index (κ1) is 18.9. The van der Waals surface area contributed by atoms with Crippen molar-refractivity contribution < 1.29 is 18.7 Å². The third-order valence-corrected chi connectivity index (χ3v) is 3.54. The number of ether oxygens (including phenoxy) is 2. The molecule has 2 heterocycles. The Morgan fingerprint density at radius 2 is 2.12 bits per heavy atom. The van der Waals surface area contributed by atoms with E-state index >= 15 is 0 Å². The molecule has 0 aromatic carbocycles. The molecule has 0 aliphatic rings. The van der Waals surface area contributed by atoms with Crippen LogP contribution >= 0.6 is 0 Å². The van der Waals surface area contributed by atoms with E-state index in [-0.39, 0.29) is 5.69 Å². The predicted octanol–water partition coefficient (Wildman–Crippen LogP) is 3.07. The van der Waals surface area contributed by atoms with Crippen molar-refractivity contribution in [3.8, 4) is 17.3 Å². The van der Waals surface area contributed by atoms with Gasteiger partial charge in [-0.15, -0.1) is 0 Å². The van der Waals surface area contributed by atoms with Gasteiger partial charge in [-0.3, -0.25) is 0 Å². The molecule has 7 heteroatoms. The average Bonchev–Trinajstić information content (AvgIpc) is 3.12. The molecule has 7 nitrogen and oxygen atoms in total. The van der Waals surface area contributed by atoms with E-state index in [9.17, 15) is 4.79 Å². The van der Waals surface area contributed by atoms with Gasteiger partial charge in [-0.1, -0.05) is 12.8 Å². The summed E-state index contributed by atoms with van der Waals surface area (Å²) in [4.78, 5) is 20.0. The van der Waals surface area contributed by atoms with Crippen LogP contribution in [0.15, 0.2) is 29.0 Å². The molecule has 0 aliphatic carbocycles. The van der Waals surface area contributed by atoms with Gasteiger partial charge >= 0.3 is 5.97 Å². The van der Waals surface area contributed by atoms with E-state index in [2.05, 4.69) is 15.3 Å². The molecule has 0 aliphatic heterocycles. The molecular formula is C18H25N3O4. The molecular weight excluding hydrogens is 322 g/mol. The Morgan fingerprint density at radius 1 is 1.28 bits per heavy atom. The Balaban J connectivity index is 1.85. The first-order valence-corrected chi connectivity index (χ1v) is 8.61. The van der Waals surface area contributed by atoms with Crippen LogP contribution in [0.3, 0.4) is 0 Å². The van der Waals surface area contributed by atoms with Crippen molar-refractivity contribution in [2.75, 3.05) is 26.8 Å². The molecule has 0 unspecified atom stereocenters. The van der Waals surface area contributed by atoms with E-state index in [0.29, 0.717) is 30.5 Å². The number of unbranched alkanes of at least 4 members (excludes halogenated alkanes) is 3. The summed E-state index contributed by atoms with van der Waals surface area (Å²) in [6.45, 7) is 3.71. The van der Waals surface area contributed by atoms with Crippen LogP contribution in [0.25, 0.3) is 11.5 Å². The fourth-order valence-electron chi connectivity index (χ4n) is 2.26. The fourth-order valence-corrected chi connectivity index (χ4v) is 2.26. The maximum Gasteiger partial charge on any atom is 0.360 e. The minimum absolute atomic E-state index is 0.151. The van der Waals surface area contributed by atoms with Crippen molar-refractivity contribution in [1.29, 1.82) is 0 Å². The number of oxazole rings is 1. The lowest BCUT2D eigenvalue weighted by Crippen LogP contribution is -2.07. The summed E-state index contributed by atoms with van der Waals surface area (Å²) in [5.74, 6) is 0.354. The number of nitrogens with one attached hydrogen (secondary N) is 1. The fraction of sp³-hybridized carbons (Fsp3) is 0.500. The molecule has 0 saturated carbocycles. The second-order valence-corrected chi connectivity index (χ2v) is 5.51. The van der Waals surface area contributed by atoms with Gasteiger partial charge in [0.1, 0.15) is 6.26 Å². The monoisotopic (exact) mass is 347 g/mol. The number of esters is 1. The van der Waals surface area contributed by atoms with Gasteiger partial charge in [0.25, 0.3) is 0 Å². The molecule has 2 aromatic rings. The number of rotatable bonds is 11. The van der Waals surface area contributed by atoms with Crippen LogP contribution in [0.1, 0.15) is 43.1 Å². The molecule has 0 fully saturated rings. The number of hydrogen-bond acceptors (Lipinski definition) is 7. The van der Waals surface area contributed by atoms with E-state index < -0.39 is 5.97 Å². The van der Waals surface area contributed by atoms with Crippen LogP contribution in [0.2, 0.25) is 0 Å². The van der Waals surface area contributed by atoms with Crippen LogP contribution in [0.5, 0.6) is 5.88 Å². The van der Waals surface area contributed by atoms with Gasteiger partial charge < -0.3 is 19.2 Å². The summed E-state index contributed by atoms with van der Waals surface area (Å²) < 4.78 is 15.9.